The second-order valence-corrected chi connectivity index (χ2v) is 4.18. The highest BCUT2D eigenvalue weighted by Gasteiger charge is 2.19. The van der Waals surface area contributed by atoms with Gasteiger partial charge in [-0.15, -0.1) is 0 Å². The molecule has 0 heterocycles. The standard InChI is InChI=1S/C13H16N2O2/c1-9(2)15(7-6-14)13(17)12-5-4-11(16)8-10(12)3/h4-5,8-9,16H,7H2,1-3H3. The molecular formula is C13H16N2O2. The van der Waals surface area contributed by atoms with Crippen LogP contribution in [0, 0.1) is 18.3 Å². The summed E-state index contributed by atoms with van der Waals surface area (Å²) >= 11 is 0. The molecule has 0 aromatic heterocycles. The lowest BCUT2D eigenvalue weighted by atomic mass is 10.1. The molecule has 0 saturated carbocycles. The first-order valence-electron chi connectivity index (χ1n) is 5.45. The fraction of sp³-hybridized carbons (Fsp3) is 0.385. The summed E-state index contributed by atoms with van der Waals surface area (Å²) in [6.45, 7) is 5.56. The van der Waals surface area contributed by atoms with Gasteiger partial charge in [-0.2, -0.15) is 5.26 Å². The predicted molar refractivity (Wildman–Crippen MR) is 64.6 cm³/mol. The van der Waals surface area contributed by atoms with Crippen molar-refractivity contribution >= 4 is 5.91 Å². The first-order valence-corrected chi connectivity index (χ1v) is 5.45. The fourth-order valence-corrected chi connectivity index (χ4v) is 1.61. The quantitative estimate of drug-likeness (QED) is 0.811. The molecule has 0 atom stereocenters. The Kier molecular flexibility index (Phi) is 4.11. The first kappa shape index (κ1) is 13.0. The Labute approximate surface area is 101 Å². The number of aryl methyl sites for hydroxylation is 1. The molecule has 1 amide bonds. The fourth-order valence-electron chi connectivity index (χ4n) is 1.61. The maximum atomic E-state index is 12.2. The lowest BCUT2D eigenvalue weighted by Gasteiger charge is -2.24. The molecule has 0 aliphatic carbocycles. The molecule has 4 heteroatoms. The average Bonchev–Trinajstić information content (AvgIpc) is 2.24. The molecule has 0 spiro atoms. The van der Waals surface area contributed by atoms with E-state index in [-0.39, 0.29) is 24.2 Å². The summed E-state index contributed by atoms with van der Waals surface area (Å²) in [5.41, 5.74) is 1.23. The van der Waals surface area contributed by atoms with Crippen LogP contribution in [0.1, 0.15) is 29.8 Å². The minimum absolute atomic E-state index is 0.0321. The van der Waals surface area contributed by atoms with E-state index in [2.05, 4.69) is 0 Å². The zero-order chi connectivity index (χ0) is 13.0. The average molecular weight is 232 g/mol. The van der Waals surface area contributed by atoms with Gasteiger partial charge in [0.1, 0.15) is 12.3 Å². The number of carbonyl (C=O) groups is 1. The molecule has 0 bridgehead atoms. The largest absolute Gasteiger partial charge is 0.508 e. The molecule has 4 nitrogen and oxygen atoms in total. The van der Waals surface area contributed by atoms with Gasteiger partial charge in [0.05, 0.1) is 6.07 Å². The van der Waals surface area contributed by atoms with E-state index in [1.165, 1.54) is 17.0 Å². The number of hydrogen-bond acceptors (Lipinski definition) is 3. The van der Waals surface area contributed by atoms with Gasteiger partial charge in [0.25, 0.3) is 5.91 Å². The van der Waals surface area contributed by atoms with Crippen molar-refractivity contribution in [1.82, 2.24) is 4.90 Å². The molecule has 1 rings (SSSR count). The van der Waals surface area contributed by atoms with E-state index >= 15 is 0 Å². The van der Waals surface area contributed by atoms with Gasteiger partial charge >= 0.3 is 0 Å². The van der Waals surface area contributed by atoms with Crippen LogP contribution in [-0.4, -0.2) is 28.5 Å². The van der Waals surface area contributed by atoms with Crippen molar-refractivity contribution < 1.29 is 9.90 Å². The van der Waals surface area contributed by atoms with Crippen molar-refractivity contribution in [2.75, 3.05) is 6.54 Å². The van der Waals surface area contributed by atoms with Crippen LogP contribution in [0.4, 0.5) is 0 Å². The maximum Gasteiger partial charge on any atom is 0.255 e. The van der Waals surface area contributed by atoms with Crippen molar-refractivity contribution in [2.45, 2.75) is 26.8 Å². The van der Waals surface area contributed by atoms with Gasteiger partial charge in [-0.1, -0.05) is 0 Å². The normalized spacial score (nSPS) is 10.1. The molecule has 0 saturated heterocycles. The number of aromatic hydroxyl groups is 1. The van der Waals surface area contributed by atoms with E-state index in [4.69, 9.17) is 5.26 Å². The van der Waals surface area contributed by atoms with Crippen LogP contribution in [0.5, 0.6) is 5.75 Å². The molecular weight excluding hydrogens is 216 g/mol. The van der Waals surface area contributed by atoms with Crippen molar-refractivity contribution in [3.05, 3.63) is 29.3 Å². The highest BCUT2D eigenvalue weighted by Crippen LogP contribution is 2.18. The number of phenolic OH excluding ortho intramolecular Hbond substituents is 1. The second kappa shape index (κ2) is 5.35. The van der Waals surface area contributed by atoms with Gasteiger partial charge in [0, 0.05) is 11.6 Å². The number of phenols is 1. The van der Waals surface area contributed by atoms with E-state index in [0.29, 0.717) is 11.1 Å². The van der Waals surface area contributed by atoms with Gasteiger partial charge in [-0.05, 0) is 44.5 Å². The third-order valence-corrected chi connectivity index (χ3v) is 2.57. The monoisotopic (exact) mass is 232 g/mol. The summed E-state index contributed by atoms with van der Waals surface area (Å²) < 4.78 is 0. The zero-order valence-electron chi connectivity index (χ0n) is 10.3. The number of hydrogen-bond donors (Lipinski definition) is 1. The van der Waals surface area contributed by atoms with Crippen molar-refractivity contribution in [3.63, 3.8) is 0 Å². The van der Waals surface area contributed by atoms with Crippen molar-refractivity contribution in [1.29, 1.82) is 5.26 Å². The summed E-state index contributed by atoms with van der Waals surface area (Å²) in [4.78, 5) is 13.7. The summed E-state index contributed by atoms with van der Waals surface area (Å²) in [6, 6.07) is 6.55. The number of amides is 1. The van der Waals surface area contributed by atoms with Crippen molar-refractivity contribution in [2.24, 2.45) is 0 Å². The molecule has 0 aliphatic rings. The molecule has 0 radical (unpaired) electrons. The number of benzene rings is 1. The Hall–Kier alpha value is -2.02. The minimum Gasteiger partial charge on any atom is -0.508 e. The number of nitriles is 1. The number of rotatable bonds is 3. The van der Waals surface area contributed by atoms with E-state index in [1.54, 1.807) is 13.0 Å². The summed E-state index contributed by atoms with van der Waals surface area (Å²) in [5.74, 6) is -0.0468. The number of carbonyl (C=O) groups excluding carboxylic acids is 1. The topological polar surface area (TPSA) is 64.3 Å². The molecule has 0 unspecified atom stereocenters. The lowest BCUT2D eigenvalue weighted by molar-refractivity contribution is 0.0730. The molecule has 1 aromatic rings. The van der Waals surface area contributed by atoms with Gasteiger partial charge < -0.3 is 10.0 Å². The van der Waals surface area contributed by atoms with Gasteiger partial charge in [-0.3, -0.25) is 4.79 Å². The van der Waals surface area contributed by atoms with Crippen LogP contribution in [-0.2, 0) is 0 Å². The van der Waals surface area contributed by atoms with Crippen LogP contribution < -0.4 is 0 Å². The zero-order valence-corrected chi connectivity index (χ0v) is 10.3. The SMILES string of the molecule is Cc1cc(O)ccc1C(=O)N(CC#N)C(C)C. The molecule has 1 N–H and O–H groups in total. The summed E-state index contributed by atoms with van der Waals surface area (Å²) in [7, 11) is 0. The number of nitrogens with zero attached hydrogens (tertiary/aromatic N) is 2. The van der Waals surface area contributed by atoms with Crippen LogP contribution in [0.2, 0.25) is 0 Å². The molecule has 90 valence electrons. The maximum absolute atomic E-state index is 12.2. The highest BCUT2D eigenvalue weighted by atomic mass is 16.3. The second-order valence-electron chi connectivity index (χ2n) is 4.18. The van der Waals surface area contributed by atoms with E-state index < -0.39 is 0 Å². The Morgan fingerprint density at radius 2 is 2.18 bits per heavy atom. The smallest absolute Gasteiger partial charge is 0.255 e. The van der Waals surface area contributed by atoms with E-state index in [0.717, 1.165) is 0 Å². The van der Waals surface area contributed by atoms with Crippen LogP contribution in [0.3, 0.4) is 0 Å². The third-order valence-electron chi connectivity index (χ3n) is 2.57. The van der Waals surface area contributed by atoms with Gasteiger partial charge in [0.2, 0.25) is 0 Å². The Morgan fingerprint density at radius 3 is 2.65 bits per heavy atom. The lowest BCUT2D eigenvalue weighted by Crippen LogP contribution is -2.37. The van der Waals surface area contributed by atoms with Crippen LogP contribution in [0.15, 0.2) is 18.2 Å². The third kappa shape index (κ3) is 2.97. The highest BCUT2D eigenvalue weighted by molar-refractivity contribution is 5.96. The Morgan fingerprint density at radius 1 is 1.53 bits per heavy atom. The van der Waals surface area contributed by atoms with E-state index in [1.807, 2.05) is 19.9 Å². The van der Waals surface area contributed by atoms with Crippen molar-refractivity contribution in [3.8, 4) is 11.8 Å². The Balaban J connectivity index is 3.06. The van der Waals surface area contributed by atoms with Gasteiger partial charge in [-0.25, -0.2) is 0 Å². The predicted octanol–water partition coefficient (Wildman–Crippen LogP) is 2.07. The summed E-state index contributed by atoms with van der Waals surface area (Å²) in [6.07, 6.45) is 0. The minimum atomic E-state index is -0.181. The van der Waals surface area contributed by atoms with Crippen LogP contribution >= 0.6 is 0 Å². The molecule has 0 aliphatic heterocycles. The molecule has 1 aromatic carbocycles. The van der Waals surface area contributed by atoms with Crippen LogP contribution in [0.25, 0.3) is 0 Å². The van der Waals surface area contributed by atoms with Gasteiger partial charge in [0.15, 0.2) is 0 Å². The summed E-state index contributed by atoms with van der Waals surface area (Å²) in [5, 5.41) is 18.0. The molecule has 17 heavy (non-hydrogen) atoms. The molecule has 0 fully saturated rings. The Bertz CT molecular complexity index is 461. The first-order chi connectivity index (χ1) is 7.97. The van der Waals surface area contributed by atoms with E-state index in [9.17, 15) is 9.90 Å².